The molecule has 0 atom stereocenters. The van der Waals surface area contributed by atoms with E-state index in [1.54, 1.807) is 12.1 Å². The van der Waals surface area contributed by atoms with Gasteiger partial charge in [0.05, 0.1) is 18.1 Å². The number of hydrogen-bond donors (Lipinski definition) is 0. The third-order valence-electron chi connectivity index (χ3n) is 5.39. The van der Waals surface area contributed by atoms with Crippen LogP contribution in [-0.4, -0.2) is 57.4 Å². The molecule has 0 unspecified atom stereocenters. The molecule has 1 aliphatic rings. The Balaban J connectivity index is 1.57. The summed E-state index contributed by atoms with van der Waals surface area (Å²) in [6, 6.07) is 9.97. The fourth-order valence-corrected chi connectivity index (χ4v) is 4.78. The Kier molecular flexibility index (Phi) is 7.60. The molecule has 0 spiro atoms. The summed E-state index contributed by atoms with van der Waals surface area (Å²) in [6.45, 7) is 6.84. The van der Waals surface area contributed by atoms with Crippen molar-refractivity contribution < 1.29 is 27.5 Å². The van der Waals surface area contributed by atoms with Crippen LogP contribution in [0.4, 0.5) is 0 Å². The van der Waals surface area contributed by atoms with Crippen molar-refractivity contribution in [3.05, 3.63) is 70.3 Å². The lowest BCUT2D eigenvalue weighted by molar-refractivity contribution is -0.136. The third kappa shape index (κ3) is 5.70. The van der Waals surface area contributed by atoms with Gasteiger partial charge in [0.2, 0.25) is 15.8 Å². The highest BCUT2D eigenvalue weighted by Gasteiger charge is 2.26. The van der Waals surface area contributed by atoms with Crippen LogP contribution < -0.4 is 0 Å². The Labute approximate surface area is 188 Å². The monoisotopic (exact) mass is 457 g/mol. The second-order valence-corrected chi connectivity index (χ2v) is 9.64. The van der Waals surface area contributed by atoms with E-state index in [-0.39, 0.29) is 17.3 Å². The second kappa shape index (κ2) is 10.2. The molecule has 32 heavy (non-hydrogen) atoms. The minimum Gasteiger partial charge on any atom is -0.454 e. The van der Waals surface area contributed by atoms with Crippen molar-refractivity contribution >= 4 is 27.9 Å². The zero-order valence-electron chi connectivity index (χ0n) is 18.5. The zero-order chi connectivity index (χ0) is 23.3. The lowest BCUT2D eigenvalue weighted by Crippen LogP contribution is -2.40. The van der Waals surface area contributed by atoms with Gasteiger partial charge in [-0.1, -0.05) is 18.2 Å². The van der Waals surface area contributed by atoms with Crippen molar-refractivity contribution in [2.75, 3.05) is 32.9 Å². The van der Waals surface area contributed by atoms with E-state index in [0.29, 0.717) is 37.4 Å². The number of aryl methyl sites for hydroxylation is 3. The largest absolute Gasteiger partial charge is 0.454 e. The summed E-state index contributed by atoms with van der Waals surface area (Å²) in [4.78, 5) is 24.6. The van der Waals surface area contributed by atoms with Crippen molar-refractivity contribution in [1.29, 1.82) is 0 Å². The molecule has 1 aliphatic heterocycles. The van der Waals surface area contributed by atoms with E-state index in [2.05, 4.69) is 0 Å². The van der Waals surface area contributed by atoms with Crippen LogP contribution in [0, 0.1) is 20.8 Å². The number of esters is 1. The van der Waals surface area contributed by atoms with Gasteiger partial charge in [-0.15, -0.1) is 0 Å². The Morgan fingerprint density at radius 1 is 1.00 bits per heavy atom. The maximum Gasteiger partial charge on any atom is 0.331 e. The Hall–Kier alpha value is -2.81. The summed E-state index contributed by atoms with van der Waals surface area (Å²) < 4.78 is 36.9. The smallest absolute Gasteiger partial charge is 0.331 e. The number of Topliss-reactive ketones (excluding diaryl/α,β-unsaturated/α-hetero) is 1. The Bertz CT molecular complexity index is 1130. The highest BCUT2D eigenvalue weighted by Crippen LogP contribution is 2.19. The van der Waals surface area contributed by atoms with Crippen LogP contribution in [0.3, 0.4) is 0 Å². The van der Waals surface area contributed by atoms with Gasteiger partial charge in [-0.25, -0.2) is 13.2 Å². The number of hydrogen-bond acceptors (Lipinski definition) is 6. The fraction of sp³-hybridized carbons (Fsp3) is 0.333. The van der Waals surface area contributed by atoms with Crippen LogP contribution in [0.15, 0.2) is 47.4 Å². The number of benzene rings is 2. The van der Waals surface area contributed by atoms with E-state index in [1.165, 1.54) is 28.6 Å². The average Bonchev–Trinajstić information content (AvgIpc) is 2.79. The maximum absolute atomic E-state index is 12.6. The van der Waals surface area contributed by atoms with Gasteiger partial charge in [-0.2, -0.15) is 4.31 Å². The number of carbonyl (C=O) groups is 2. The molecule has 3 rings (SSSR count). The van der Waals surface area contributed by atoms with Gasteiger partial charge in [-0.05, 0) is 67.3 Å². The molecular weight excluding hydrogens is 430 g/mol. The first-order chi connectivity index (χ1) is 15.2. The second-order valence-electron chi connectivity index (χ2n) is 7.70. The first-order valence-electron chi connectivity index (χ1n) is 10.3. The van der Waals surface area contributed by atoms with Crippen LogP contribution in [0.2, 0.25) is 0 Å². The molecule has 0 aliphatic carbocycles. The quantitative estimate of drug-likeness (QED) is 0.361. The van der Waals surface area contributed by atoms with Gasteiger partial charge in [0.15, 0.2) is 6.61 Å². The van der Waals surface area contributed by atoms with Crippen LogP contribution in [0.1, 0.15) is 32.6 Å². The van der Waals surface area contributed by atoms with Gasteiger partial charge >= 0.3 is 5.97 Å². The van der Waals surface area contributed by atoms with E-state index >= 15 is 0 Å². The highest BCUT2D eigenvalue weighted by molar-refractivity contribution is 7.89. The van der Waals surface area contributed by atoms with Crippen molar-refractivity contribution in [3.63, 3.8) is 0 Å². The predicted molar refractivity (Wildman–Crippen MR) is 121 cm³/mol. The lowest BCUT2D eigenvalue weighted by atomic mass is 9.98. The fourth-order valence-electron chi connectivity index (χ4n) is 3.37. The highest BCUT2D eigenvalue weighted by atomic mass is 32.2. The van der Waals surface area contributed by atoms with Gasteiger partial charge in [0.25, 0.3) is 0 Å². The summed E-state index contributed by atoms with van der Waals surface area (Å²) in [5.74, 6) is -0.908. The normalized spacial score (nSPS) is 15.1. The molecular formula is C24H27NO6S. The Morgan fingerprint density at radius 2 is 1.62 bits per heavy atom. The van der Waals surface area contributed by atoms with Crippen molar-refractivity contribution in [2.45, 2.75) is 25.7 Å². The third-order valence-corrected chi connectivity index (χ3v) is 7.30. The summed E-state index contributed by atoms with van der Waals surface area (Å²) >= 11 is 0. The van der Waals surface area contributed by atoms with Crippen LogP contribution in [-0.2, 0) is 24.3 Å². The number of rotatable bonds is 7. The van der Waals surface area contributed by atoms with Crippen molar-refractivity contribution in [2.24, 2.45) is 0 Å². The molecule has 2 aromatic carbocycles. The summed E-state index contributed by atoms with van der Waals surface area (Å²) in [5, 5.41) is 0. The molecule has 1 heterocycles. The van der Waals surface area contributed by atoms with E-state index in [0.717, 1.165) is 16.7 Å². The number of ether oxygens (including phenoxy) is 2. The molecule has 0 amide bonds. The number of morpholine rings is 1. The maximum atomic E-state index is 12.6. The molecule has 1 saturated heterocycles. The zero-order valence-corrected chi connectivity index (χ0v) is 19.3. The topological polar surface area (TPSA) is 90.0 Å². The molecule has 7 nitrogen and oxygen atoms in total. The van der Waals surface area contributed by atoms with Crippen LogP contribution in [0.25, 0.3) is 6.08 Å². The number of nitrogens with zero attached hydrogens (tertiary/aromatic N) is 1. The van der Waals surface area contributed by atoms with Gasteiger partial charge < -0.3 is 9.47 Å². The molecule has 170 valence electrons. The number of ketones is 1. The summed E-state index contributed by atoms with van der Waals surface area (Å²) in [6.07, 6.45) is 2.73. The summed E-state index contributed by atoms with van der Waals surface area (Å²) in [7, 11) is -3.56. The Morgan fingerprint density at radius 3 is 2.28 bits per heavy atom. The van der Waals surface area contributed by atoms with Gasteiger partial charge in [0, 0.05) is 24.7 Å². The van der Waals surface area contributed by atoms with Crippen LogP contribution >= 0.6 is 0 Å². The molecule has 0 aromatic heterocycles. The van der Waals surface area contributed by atoms with Gasteiger partial charge in [-0.3, -0.25) is 4.79 Å². The standard InChI is InChI=1S/C24H27NO6S/c1-17-14-19(3)22(15-18(17)2)23(26)16-31-24(27)9-6-20-4-7-21(8-5-20)32(28,29)25-10-12-30-13-11-25/h4-9,14-15H,10-13,16H2,1-3H3. The van der Waals surface area contributed by atoms with Gasteiger partial charge in [0.1, 0.15) is 0 Å². The minimum absolute atomic E-state index is 0.188. The predicted octanol–water partition coefficient (Wildman–Crippen LogP) is 3.07. The molecule has 0 saturated carbocycles. The molecule has 0 bridgehead atoms. The van der Waals surface area contributed by atoms with E-state index in [9.17, 15) is 18.0 Å². The molecule has 1 fully saturated rings. The van der Waals surface area contributed by atoms with E-state index in [4.69, 9.17) is 9.47 Å². The van der Waals surface area contributed by atoms with E-state index < -0.39 is 16.0 Å². The summed E-state index contributed by atoms with van der Waals surface area (Å²) in [5.41, 5.74) is 4.13. The number of sulfonamides is 1. The SMILES string of the molecule is Cc1cc(C)c(C(=O)COC(=O)C=Cc2ccc(S(=O)(=O)N3CCOCC3)cc2)cc1C. The van der Waals surface area contributed by atoms with Crippen LogP contribution in [0.5, 0.6) is 0 Å². The first kappa shape index (κ1) is 23.8. The number of carbonyl (C=O) groups excluding carboxylic acids is 2. The van der Waals surface area contributed by atoms with Crippen molar-refractivity contribution in [1.82, 2.24) is 4.31 Å². The van der Waals surface area contributed by atoms with Crippen molar-refractivity contribution in [3.8, 4) is 0 Å². The molecule has 0 radical (unpaired) electrons. The lowest BCUT2D eigenvalue weighted by Gasteiger charge is -2.26. The first-order valence-corrected chi connectivity index (χ1v) is 11.8. The average molecular weight is 458 g/mol. The minimum atomic E-state index is -3.56. The molecule has 0 N–H and O–H groups in total. The van der Waals surface area contributed by atoms with E-state index in [1.807, 2.05) is 32.9 Å². The molecule has 2 aromatic rings. The molecule has 8 heteroatoms.